The summed E-state index contributed by atoms with van der Waals surface area (Å²) in [4.78, 5) is 24.8. The van der Waals surface area contributed by atoms with E-state index in [-0.39, 0.29) is 11.6 Å². The maximum absolute atomic E-state index is 14.2. The number of benzene rings is 2. The van der Waals surface area contributed by atoms with Crippen LogP contribution in [0.2, 0.25) is 0 Å². The zero-order chi connectivity index (χ0) is 25.7. The third-order valence-corrected chi connectivity index (χ3v) is 9.17. The number of nitrogens with zero attached hydrogens (tertiary/aromatic N) is 1. The fourth-order valence-electron chi connectivity index (χ4n) is 5.54. The first-order chi connectivity index (χ1) is 17.1. The largest absolute Gasteiger partial charge is 0.465 e. The maximum Gasteiger partial charge on any atom is 0.407 e. The lowest BCUT2D eigenvalue weighted by molar-refractivity contribution is -0.123. The van der Waals surface area contributed by atoms with Crippen molar-refractivity contribution >= 4 is 33.4 Å². The molecule has 3 N–H and O–H groups in total. The van der Waals surface area contributed by atoms with E-state index < -0.39 is 38.1 Å². The number of carbonyl (C=O) groups excluding carboxylic acids is 1. The number of hydrogen-bond acceptors (Lipinski definition) is 4. The first-order valence-corrected chi connectivity index (χ1v) is 13.5. The van der Waals surface area contributed by atoms with Gasteiger partial charge in [-0.3, -0.25) is 9.52 Å². The van der Waals surface area contributed by atoms with E-state index in [0.717, 1.165) is 48.9 Å². The Balaban J connectivity index is 1.43. The minimum atomic E-state index is -4.34. The minimum Gasteiger partial charge on any atom is -0.465 e. The summed E-state index contributed by atoms with van der Waals surface area (Å²) >= 11 is 0. The number of hydrogen-bond donors (Lipinski definition) is 3. The van der Waals surface area contributed by atoms with E-state index in [2.05, 4.69) is 10.0 Å². The van der Waals surface area contributed by atoms with Gasteiger partial charge in [0.2, 0.25) is 5.91 Å². The van der Waals surface area contributed by atoms with Crippen molar-refractivity contribution in [3.8, 4) is 0 Å². The molecular weight excluding hydrogens is 492 g/mol. The Hall–Kier alpha value is -3.21. The molecular formula is C25H27F2N3O5S. The molecule has 8 nitrogen and oxygen atoms in total. The summed E-state index contributed by atoms with van der Waals surface area (Å²) in [7, 11) is -4.34. The highest BCUT2D eigenvalue weighted by Gasteiger charge is 2.51. The molecule has 0 unspecified atom stereocenters. The van der Waals surface area contributed by atoms with E-state index >= 15 is 0 Å². The van der Waals surface area contributed by atoms with Gasteiger partial charge in [-0.1, -0.05) is 6.42 Å². The quantitative estimate of drug-likeness (QED) is 0.521. The summed E-state index contributed by atoms with van der Waals surface area (Å²) in [5.74, 6) is -1.86. The standard InChI is InChI=1S/C25H27F2N3O5S/c26-17-4-5-21(20(27)13-17)36(34,35)29-18-12-16(3-2-15-6-10-30(11-7-15)24(32)33)22-19(14-18)25(8-1-9-25)23(31)28-22/h4-5,12-15,29H,1-3,6-11H2,(H,28,31)(H,32,33). The van der Waals surface area contributed by atoms with Gasteiger partial charge in [0.25, 0.3) is 10.0 Å². The lowest BCUT2D eigenvalue weighted by Crippen LogP contribution is -2.40. The van der Waals surface area contributed by atoms with Crippen molar-refractivity contribution < 1.29 is 31.9 Å². The number of aryl methyl sites for hydroxylation is 1. The Labute approximate surface area is 207 Å². The summed E-state index contributed by atoms with van der Waals surface area (Å²) in [6.45, 7) is 0.946. The van der Waals surface area contributed by atoms with Crippen LogP contribution >= 0.6 is 0 Å². The number of carboxylic acid groups (broad SMARTS) is 1. The van der Waals surface area contributed by atoms with Crippen molar-refractivity contribution in [3.63, 3.8) is 0 Å². The number of anilines is 2. The fourth-order valence-corrected chi connectivity index (χ4v) is 6.64. The molecule has 2 heterocycles. The van der Waals surface area contributed by atoms with Crippen molar-refractivity contribution in [3.05, 3.63) is 53.1 Å². The van der Waals surface area contributed by atoms with Crippen LogP contribution < -0.4 is 10.0 Å². The van der Waals surface area contributed by atoms with Crippen LogP contribution in [0.3, 0.4) is 0 Å². The maximum atomic E-state index is 14.2. The molecule has 3 aliphatic rings. The first-order valence-electron chi connectivity index (χ1n) is 12.0. The molecule has 0 bridgehead atoms. The van der Waals surface area contributed by atoms with Gasteiger partial charge < -0.3 is 15.3 Å². The molecule has 2 aliphatic heterocycles. The zero-order valence-electron chi connectivity index (χ0n) is 19.5. The Morgan fingerprint density at radius 1 is 1.17 bits per heavy atom. The Kier molecular flexibility index (Phi) is 6.14. The second-order valence-corrected chi connectivity index (χ2v) is 11.5. The second-order valence-electron chi connectivity index (χ2n) is 9.88. The van der Waals surface area contributed by atoms with Crippen LogP contribution in [0.1, 0.15) is 49.7 Å². The monoisotopic (exact) mass is 519 g/mol. The van der Waals surface area contributed by atoms with E-state index in [1.807, 2.05) is 0 Å². The summed E-state index contributed by atoms with van der Waals surface area (Å²) < 4.78 is 55.8. The molecule has 2 fully saturated rings. The predicted molar refractivity (Wildman–Crippen MR) is 128 cm³/mol. The molecule has 36 heavy (non-hydrogen) atoms. The minimum absolute atomic E-state index is 0.0932. The number of fused-ring (bicyclic) bond motifs is 2. The van der Waals surface area contributed by atoms with Crippen LogP contribution in [0, 0.1) is 17.6 Å². The van der Waals surface area contributed by atoms with Gasteiger partial charge in [0.1, 0.15) is 16.5 Å². The molecule has 2 amide bonds. The second kappa shape index (κ2) is 9.02. The van der Waals surface area contributed by atoms with Gasteiger partial charge in [-0.15, -0.1) is 0 Å². The summed E-state index contributed by atoms with van der Waals surface area (Å²) in [6.07, 6.45) is 4.10. The zero-order valence-corrected chi connectivity index (χ0v) is 20.3. The van der Waals surface area contributed by atoms with Gasteiger partial charge in [0.05, 0.1) is 5.41 Å². The lowest BCUT2D eigenvalue weighted by atomic mass is 9.65. The van der Waals surface area contributed by atoms with Gasteiger partial charge in [0, 0.05) is 30.5 Å². The third kappa shape index (κ3) is 4.29. The Morgan fingerprint density at radius 2 is 1.89 bits per heavy atom. The number of sulfonamides is 1. The summed E-state index contributed by atoms with van der Waals surface area (Å²) in [5, 5.41) is 12.2. The third-order valence-electron chi connectivity index (χ3n) is 7.76. The van der Waals surface area contributed by atoms with Crippen molar-refractivity contribution in [2.24, 2.45) is 5.92 Å². The lowest BCUT2D eigenvalue weighted by Gasteiger charge is -2.36. The average molecular weight is 520 g/mol. The summed E-state index contributed by atoms with van der Waals surface area (Å²) in [5.41, 5.74) is 1.77. The SMILES string of the molecule is O=C(O)N1CCC(CCc2cc(NS(=O)(=O)c3ccc(F)cc3F)cc3c2NC(=O)C32CCC2)CC1. The van der Waals surface area contributed by atoms with Crippen molar-refractivity contribution in [1.82, 2.24) is 4.90 Å². The molecule has 192 valence electrons. The fraction of sp³-hybridized carbons (Fsp3) is 0.440. The molecule has 0 radical (unpaired) electrons. The van der Waals surface area contributed by atoms with Crippen LogP contribution in [0.4, 0.5) is 25.0 Å². The molecule has 2 aromatic rings. The van der Waals surface area contributed by atoms with Crippen LogP contribution in [0.25, 0.3) is 0 Å². The van der Waals surface area contributed by atoms with E-state index in [4.69, 9.17) is 5.11 Å². The smallest absolute Gasteiger partial charge is 0.407 e. The number of carbonyl (C=O) groups is 2. The van der Waals surface area contributed by atoms with Crippen LogP contribution in [0.5, 0.6) is 0 Å². The molecule has 1 spiro atoms. The summed E-state index contributed by atoms with van der Waals surface area (Å²) in [6, 6.07) is 5.57. The average Bonchev–Trinajstić information content (AvgIpc) is 3.09. The van der Waals surface area contributed by atoms with Crippen LogP contribution in [0.15, 0.2) is 35.2 Å². The molecule has 1 saturated heterocycles. The first kappa shape index (κ1) is 24.5. The number of piperidine rings is 1. The number of likely N-dealkylation sites (tertiary alicyclic amines) is 1. The molecule has 0 atom stereocenters. The molecule has 5 rings (SSSR count). The van der Waals surface area contributed by atoms with E-state index in [1.165, 1.54) is 4.90 Å². The molecule has 1 saturated carbocycles. The topological polar surface area (TPSA) is 116 Å². The van der Waals surface area contributed by atoms with Gasteiger partial charge in [0.15, 0.2) is 0 Å². The van der Waals surface area contributed by atoms with Crippen LogP contribution in [-0.4, -0.2) is 43.5 Å². The van der Waals surface area contributed by atoms with Crippen LogP contribution in [-0.2, 0) is 26.7 Å². The Morgan fingerprint density at radius 3 is 2.50 bits per heavy atom. The number of amides is 2. The number of rotatable bonds is 6. The Bertz CT molecular complexity index is 1340. The van der Waals surface area contributed by atoms with E-state index in [1.54, 1.807) is 12.1 Å². The van der Waals surface area contributed by atoms with Crippen molar-refractivity contribution in [2.75, 3.05) is 23.1 Å². The predicted octanol–water partition coefficient (Wildman–Crippen LogP) is 4.46. The molecule has 0 aromatic heterocycles. The van der Waals surface area contributed by atoms with Gasteiger partial charge in [-0.2, -0.15) is 0 Å². The number of halogens is 2. The van der Waals surface area contributed by atoms with Gasteiger partial charge in [-0.25, -0.2) is 22.0 Å². The normalized spacial score (nSPS) is 19.1. The van der Waals surface area contributed by atoms with Gasteiger partial charge in [-0.05, 0) is 79.8 Å². The highest BCUT2D eigenvalue weighted by molar-refractivity contribution is 7.92. The molecule has 11 heteroatoms. The number of nitrogens with one attached hydrogen (secondary N) is 2. The van der Waals surface area contributed by atoms with Crippen molar-refractivity contribution in [1.29, 1.82) is 0 Å². The van der Waals surface area contributed by atoms with E-state index in [0.29, 0.717) is 50.0 Å². The highest BCUT2D eigenvalue weighted by Crippen LogP contribution is 2.53. The molecule has 1 aliphatic carbocycles. The van der Waals surface area contributed by atoms with Gasteiger partial charge >= 0.3 is 6.09 Å². The van der Waals surface area contributed by atoms with E-state index in [9.17, 15) is 26.8 Å². The van der Waals surface area contributed by atoms with Crippen molar-refractivity contribution in [2.45, 2.75) is 55.3 Å². The molecule has 2 aromatic carbocycles. The highest BCUT2D eigenvalue weighted by atomic mass is 32.2.